The Morgan fingerprint density at radius 3 is 2.62 bits per heavy atom. The molecule has 2 bridgehead atoms. The van der Waals surface area contributed by atoms with Crippen LogP contribution < -0.4 is 5.32 Å². The zero-order chi connectivity index (χ0) is 14.6. The van der Waals surface area contributed by atoms with Gasteiger partial charge in [0.05, 0.1) is 6.10 Å². The summed E-state index contributed by atoms with van der Waals surface area (Å²) in [5, 5.41) is 4.11. The minimum Gasteiger partial charge on any atom is -0.378 e. The van der Waals surface area contributed by atoms with Gasteiger partial charge in [0.25, 0.3) is 0 Å². The van der Waals surface area contributed by atoms with Crippen molar-refractivity contribution in [1.29, 1.82) is 0 Å². The van der Waals surface area contributed by atoms with Crippen LogP contribution >= 0.6 is 0 Å². The third kappa shape index (κ3) is 2.05. The Bertz CT molecular complexity index is 397. The van der Waals surface area contributed by atoms with E-state index in [0.29, 0.717) is 17.6 Å². The largest absolute Gasteiger partial charge is 0.378 e. The van der Waals surface area contributed by atoms with E-state index in [-0.39, 0.29) is 0 Å². The topological polar surface area (TPSA) is 21.3 Å². The predicted molar refractivity (Wildman–Crippen MR) is 86.2 cm³/mol. The summed E-state index contributed by atoms with van der Waals surface area (Å²) in [6.45, 7) is 7.78. The maximum absolute atomic E-state index is 5.97. The highest BCUT2D eigenvalue weighted by Crippen LogP contribution is 2.59. The molecule has 0 aromatic carbocycles. The van der Waals surface area contributed by atoms with Gasteiger partial charge in [-0.3, -0.25) is 0 Å². The van der Waals surface area contributed by atoms with Gasteiger partial charge < -0.3 is 10.1 Å². The number of nitrogens with one attached hydrogen (secondary N) is 1. The van der Waals surface area contributed by atoms with Crippen LogP contribution in [-0.4, -0.2) is 24.8 Å². The molecule has 120 valence electrons. The van der Waals surface area contributed by atoms with Gasteiger partial charge in [-0.15, -0.1) is 0 Å². The highest BCUT2D eigenvalue weighted by Gasteiger charge is 2.57. The monoisotopic (exact) mass is 291 g/mol. The Balaban J connectivity index is 1.39. The highest BCUT2D eigenvalue weighted by molar-refractivity contribution is 5.10. The maximum atomic E-state index is 5.97. The van der Waals surface area contributed by atoms with Gasteiger partial charge in [0, 0.05) is 24.1 Å². The SMILES string of the molecule is CCOC1CC(NC2CC3CC2C2CCCC32)C1(C)CC. The Morgan fingerprint density at radius 2 is 1.86 bits per heavy atom. The van der Waals surface area contributed by atoms with Gasteiger partial charge in [-0.1, -0.05) is 20.3 Å². The molecule has 2 nitrogen and oxygen atoms in total. The summed E-state index contributed by atoms with van der Waals surface area (Å²) in [6.07, 6.45) is 10.6. The normalized spacial score (nSPS) is 54.7. The average Bonchev–Trinajstić information content (AvgIpc) is 3.17. The molecule has 0 aromatic rings. The van der Waals surface area contributed by atoms with Crippen molar-refractivity contribution >= 4 is 0 Å². The molecule has 0 saturated heterocycles. The molecule has 0 spiro atoms. The van der Waals surface area contributed by atoms with E-state index in [2.05, 4.69) is 26.1 Å². The van der Waals surface area contributed by atoms with Gasteiger partial charge in [-0.05, 0) is 69.1 Å². The number of rotatable bonds is 5. The van der Waals surface area contributed by atoms with E-state index >= 15 is 0 Å². The van der Waals surface area contributed by atoms with Gasteiger partial charge in [0.15, 0.2) is 0 Å². The molecule has 0 aliphatic heterocycles. The molecule has 8 atom stereocenters. The zero-order valence-corrected chi connectivity index (χ0v) is 14.1. The second-order valence-electron chi connectivity index (χ2n) is 8.52. The van der Waals surface area contributed by atoms with Gasteiger partial charge in [0.1, 0.15) is 0 Å². The predicted octanol–water partition coefficient (Wildman–Crippen LogP) is 3.99. The minimum atomic E-state index is 0.368. The molecule has 21 heavy (non-hydrogen) atoms. The Kier molecular flexibility index (Phi) is 3.61. The zero-order valence-electron chi connectivity index (χ0n) is 14.1. The highest BCUT2D eigenvalue weighted by atomic mass is 16.5. The van der Waals surface area contributed by atoms with E-state index in [4.69, 9.17) is 4.74 Å². The van der Waals surface area contributed by atoms with Crippen LogP contribution in [0.15, 0.2) is 0 Å². The van der Waals surface area contributed by atoms with E-state index in [1.54, 1.807) is 6.42 Å². The first kappa shape index (κ1) is 14.5. The maximum Gasteiger partial charge on any atom is 0.0658 e. The molecule has 4 aliphatic carbocycles. The Morgan fingerprint density at radius 1 is 1.05 bits per heavy atom. The lowest BCUT2D eigenvalue weighted by atomic mass is 9.61. The van der Waals surface area contributed by atoms with Crippen LogP contribution in [-0.2, 0) is 4.74 Å². The molecule has 0 radical (unpaired) electrons. The van der Waals surface area contributed by atoms with Crippen molar-refractivity contribution in [2.75, 3.05) is 6.61 Å². The van der Waals surface area contributed by atoms with Crippen LogP contribution in [0, 0.1) is 29.1 Å². The summed E-state index contributed by atoms with van der Waals surface area (Å²) in [4.78, 5) is 0. The summed E-state index contributed by atoms with van der Waals surface area (Å²) in [7, 11) is 0. The third-order valence-corrected chi connectivity index (χ3v) is 7.96. The van der Waals surface area contributed by atoms with Gasteiger partial charge in [-0.2, -0.15) is 0 Å². The molecular formula is C19H33NO. The number of hydrogen-bond donors (Lipinski definition) is 1. The Hall–Kier alpha value is -0.0800. The van der Waals surface area contributed by atoms with Gasteiger partial charge in [0.2, 0.25) is 0 Å². The summed E-state index contributed by atoms with van der Waals surface area (Å²) in [6, 6.07) is 1.52. The van der Waals surface area contributed by atoms with Crippen molar-refractivity contribution in [2.24, 2.45) is 29.1 Å². The van der Waals surface area contributed by atoms with Crippen LogP contribution in [0.3, 0.4) is 0 Å². The molecule has 2 heteroatoms. The van der Waals surface area contributed by atoms with E-state index in [0.717, 1.165) is 36.3 Å². The standard InChI is InChI=1S/C19H33NO/c1-4-19(3)17(11-18(19)21-5-2)20-16-10-12-9-15(16)14-8-6-7-13(12)14/h12-18,20H,4-11H2,1-3H3. The van der Waals surface area contributed by atoms with Crippen molar-refractivity contribution in [3.05, 3.63) is 0 Å². The summed E-state index contributed by atoms with van der Waals surface area (Å²) < 4.78 is 5.97. The third-order valence-electron chi connectivity index (χ3n) is 7.96. The lowest BCUT2D eigenvalue weighted by molar-refractivity contribution is -0.129. The molecule has 4 aliphatic rings. The number of ether oxygens (including phenoxy) is 1. The molecule has 1 N–H and O–H groups in total. The first-order chi connectivity index (χ1) is 10.2. The van der Waals surface area contributed by atoms with Crippen LogP contribution in [0.1, 0.15) is 65.7 Å². The fourth-order valence-corrected chi connectivity index (χ4v) is 6.53. The molecule has 0 aromatic heterocycles. The smallest absolute Gasteiger partial charge is 0.0658 e. The van der Waals surface area contributed by atoms with E-state index in [1.165, 1.54) is 38.5 Å². The Labute approximate surface area is 130 Å². The summed E-state index contributed by atoms with van der Waals surface area (Å²) >= 11 is 0. The fraction of sp³-hybridized carbons (Fsp3) is 1.00. The van der Waals surface area contributed by atoms with E-state index in [9.17, 15) is 0 Å². The van der Waals surface area contributed by atoms with Crippen LogP contribution in [0.4, 0.5) is 0 Å². The quantitative estimate of drug-likeness (QED) is 0.827. The number of fused-ring (bicyclic) bond motifs is 5. The second-order valence-corrected chi connectivity index (χ2v) is 8.52. The lowest BCUT2D eigenvalue weighted by Crippen LogP contribution is -2.64. The van der Waals surface area contributed by atoms with Crippen LogP contribution in [0.25, 0.3) is 0 Å². The first-order valence-corrected chi connectivity index (χ1v) is 9.55. The molecular weight excluding hydrogens is 258 g/mol. The average molecular weight is 291 g/mol. The molecule has 8 unspecified atom stereocenters. The van der Waals surface area contributed by atoms with Crippen molar-refractivity contribution in [3.8, 4) is 0 Å². The number of hydrogen-bond acceptors (Lipinski definition) is 2. The van der Waals surface area contributed by atoms with E-state index < -0.39 is 0 Å². The van der Waals surface area contributed by atoms with Gasteiger partial charge in [-0.25, -0.2) is 0 Å². The molecule has 0 heterocycles. The van der Waals surface area contributed by atoms with Crippen molar-refractivity contribution in [1.82, 2.24) is 5.32 Å². The molecule has 4 saturated carbocycles. The van der Waals surface area contributed by atoms with Crippen molar-refractivity contribution in [3.63, 3.8) is 0 Å². The van der Waals surface area contributed by atoms with Crippen LogP contribution in [0.2, 0.25) is 0 Å². The van der Waals surface area contributed by atoms with Crippen molar-refractivity contribution < 1.29 is 4.74 Å². The first-order valence-electron chi connectivity index (χ1n) is 9.55. The van der Waals surface area contributed by atoms with E-state index in [1.807, 2.05) is 0 Å². The van der Waals surface area contributed by atoms with Crippen molar-refractivity contribution in [2.45, 2.75) is 83.9 Å². The fourth-order valence-electron chi connectivity index (χ4n) is 6.53. The minimum absolute atomic E-state index is 0.368. The lowest BCUT2D eigenvalue weighted by Gasteiger charge is -2.55. The summed E-state index contributed by atoms with van der Waals surface area (Å²) in [5.74, 6) is 4.27. The molecule has 4 fully saturated rings. The summed E-state index contributed by atoms with van der Waals surface area (Å²) in [5.41, 5.74) is 0.368. The van der Waals surface area contributed by atoms with Gasteiger partial charge >= 0.3 is 0 Å². The molecule has 0 amide bonds. The van der Waals surface area contributed by atoms with Crippen LogP contribution in [0.5, 0.6) is 0 Å². The molecule has 4 rings (SSSR count). The second kappa shape index (κ2) is 5.23.